The zero-order chi connectivity index (χ0) is 17.1. The molecule has 4 heteroatoms. The molecule has 2 aliphatic rings. The summed E-state index contributed by atoms with van der Waals surface area (Å²) in [6.45, 7) is 1.80. The third-order valence-corrected chi connectivity index (χ3v) is 4.92. The van der Waals surface area contributed by atoms with Gasteiger partial charge in [-0.05, 0) is 73.1 Å². The normalized spacial score (nSPS) is 15.4. The van der Waals surface area contributed by atoms with Gasteiger partial charge >= 0.3 is 0 Å². The van der Waals surface area contributed by atoms with Gasteiger partial charge in [-0.1, -0.05) is 12.1 Å². The summed E-state index contributed by atoms with van der Waals surface area (Å²) in [5.41, 5.74) is 4.64. The molecule has 0 saturated carbocycles. The predicted molar refractivity (Wildman–Crippen MR) is 96.6 cm³/mol. The van der Waals surface area contributed by atoms with Crippen LogP contribution in [0.2, 0.25) is 0 Å². The zero-order valence-electron chi connectivity index (χ0n) is 14.3. The molecule has 0 fully saturated rings. The number of rotatable bonds is 4. The lowest BCUT2D eigenvalue weighted by atomic mass is 9.90. The highest BCUT2D eigenvalue weighted by Gasteiger charge is 2.14. The molecule has 130 valence electrons. The molecule has 0 atom stereocenters. The van der Waals surface area contributed by atoms with Gasteiger partial charge in [0.2, 0.25) is 0 Å². The van der Waals surface area contributed by atoms with E-state index in [9.17, 15) is 4.79 Å². The van der Waals surface area contributed by atoms with Crippen LogP contribution in [-0.2, 0) is 19.3 Å². The van der Waals surface area contributed by atoms with Crippen LogP contribution in [0.4, 0.5) is 0 Å². The smallest absolute Gasteiger partial charge is 0.251 e. The van der Waals surface area contributed by atoms with E-state index in [1.54, 1.807) is 0 Å². The number of hydrogen-bond acceptors (Lipinski definition) is 3. The number of hydrogen-bond donors (Lipinski definition) is 1. The van der Waals surface area contributed by atoms with Crippen LogP contribution < -0.4 is 14.8 Å². The summed E-state index contributed by atoms with van der Waals surface area (Å²) in [7, 11) is 0. The monoisotopic (exact) mass is 337 g/mol. The van der Waals surface area contributed by atoms with E-state index in [1.165, 1.54) is 24.0 Å². The maximum absolute atomic E-state index is 12.4. The molecule has 1 N–H and O–H groups in total. The molecule has 0 radical (unpaired) electrons. The van der Waals surface area contributed by atoms with E-state index >= 15 is 0 Å². The highest BCUT2D eigenvalue weighted by Crippen LogP contribution is 2.30. The number of carbonyl (C=O) groups is 1. The first-order chi connectivity index (χ1) is 12.3. The second kappa shape index (κ2) is 7.18. The van der Waals surface area contributed by atoms with E-state index in [2.05, 4.69) is 17.4 Å². The lowest BCUT2D eigenvalue weighted by Crippen LogP contribution is -2.26. The van der Waals surface area contributed by atoms with E-state index < -0.39 is 0 Å². The van der Waals surface area contributed by atoms with Crippen molar-refractivity contribution in [1.29, 1.82) is 0 Å². The van der Waals surface area contributed by atoms with Crippen molar-refractivity contribution in [2.75, 3.05) is 19.8 Å². The number of benzene rings is 2. The molecule has 1 aliphatic carbocycles. The van der Waals surface area contributed by atoms with Crippen LogP contribution in [0.15, 0.2) is 36.4 Å². The van der Waals surface area contributed by atoms with Crippen LogP contribution in [-0.4, -0.2) is 25.7 Å². The Morgan fingerprint density at radius 2 is 1.72 bits per heavy atom. The summed E-state index contributed by atoms with van der Waals surface area (Å²) in [5, 5.41) is 3.02. The van der Waals surface area contributed by atoms with Crippen LogP contribution in [0, 0.1) is 0 Å². The second-order valence-electron chi connectivity index (χ2n) is 6.67. The van der Waals surface area contributed by atoms with Crippen LogP contribution in [0.3, 0.4) is 0 Å². The topological polar surface area (TPSA) is 47.6 Å². The summed E-state index contributed by atoms with van der Waals surface area (Å²) in [5.74, 6) is 1.60. The molecule has 4 nitrogen and oxygen atoms in total. The quantitative estimate of drug-likeness (QED) is 0.931. The summed E-state index contributed by atoms with van der Waals surface area (Å²) in [4.78, 5) is 12.4. The van der Waals surface area contributed by atoms with Crippen molar-refractivity contribution in [2.24, 2.45) is 0 Å². The number of fused-ring (bicyclic) bond motifs is 2. The molecule has 4 rings (SSSR count). The Balaban J connectivity index is 1.34. The van der Waals surface area contributed by atoms with Crippen LogP contribution in [0.1, 0.15) is 39.9 Å². The van der Waals surface area contributed by atoms with Gasteiger partial charge in [-0.2, -0.15) is 0 Å². The van der Waals surface area contributed by atoms with Gasteiger partial charge in [0, 0.05) is 12.1 Å². The average Bonchev–Trinajstić information content (AvgIpc) is 2.67. The Kier molecular flexibility index (Phi) is 4.59. The largest absolute Gasteiger partial charge is 0.486 e. The first-order valence-corrected chi connectivity index (χ1v) is 9.08. The molecule has 0 unspecified atom stereocenters. The minimum atomic E-state index is 0.00548. The number of amides is 1. The first-order valence-electron chi connectivity index (χ1n) is 9.08. The van der Waals surface area contributed by atoms with E-state index in [0.717, 1.165) is 41.9 Å². The van der Waals surface area contributed by atoms with Crippen molar-refractivity contribution >= 4 is 5.91 Å². The Hall–Kier alpha value is -2.49. The van der Waals surface area contributed by atoms with Crippen LogP contribution in [0.25, 0.3) is 0 Å². The van der Waals surface area contributed by atoms with Gasteiger partial charge in [0.1, 0.15) is 13.2 Å². The van der Waals surface area contributed by atoms with Crippen LogP contribution in [0.5, 0.6) is 11.5 Å². The summed E-state index contributed by atoms with van der Waals surface area (Å²) in [6.07, 6.45) is 5.48. The van der Waals surface area contributed by atoms with Crippen LogP contribution >= 0.6 is 0 Å². The number of aryl methyl sites for hydroxylation is 2. The molecule has 2 aromatic carbocycles. The molecule has 25 heavy (non-hydrogen) atoms. The fourth-order valence-electron chi connectivity index (χ4n) is 3.54. The predicted octanol–water partition coefficient (Wildman–Crippen LogP) is 3.31. The molecular weight excluding hydrogens is 314 g/mol. The molecular formula is C21H23NO3. The maximum Gasteiger partial charge on any atom is 0.251 e. The van der Waals surface area contributed by atoms with Gasteiger partial charge in [0.15, 0.2) is 11.5 Å². The highest BCUT2D eigenvalue weighted by atomic mass is 16.6. The summed E-state index contributed by atoms with van der Waals surface area (Å²) in [6, 6.07) is 12.1. The van der Waals surface area contributed by atoms with Gasteiger partial charge in [0.25, 0.3) is 5.91 Å². The molecule has 1 heterocycles. The molecule has 1 aliphatic heterocycles. The summed E-state index contributed by atoms with van der Waals surface area (Å²) < 4.78 is 11.1. The lowest BCUT2D eigenvalue weighted by Gasteiger charge is -2.19. The molecule has 2 aromatic rings. The van der Waals surface area contributed by atoms with Gasteiger partial charge in [-0.15, -0.1) is 0 Å². The van der Waals surface area contributed by atoms with Crippen molar-refractivity contribution in [2.45, 2.75) is 32.1 Å². The second-order valence-corrected chi connectivity index (χ2v) is 6.67. The standard InChI is InChI=1S/C21H23NO3/c23-21(18-7-6-16-3-1-2-4-17(16)14-18)22-10-9-15-5-8-19-20(13-15)25-12-11-24-19/h5-8,13-14H,1-4,9-12H2,(H,22,23). The van der Waals surface area contributed by atoms with E-state index in [4.69, 9.17) is 9.47 Å². The molecule has 1 amide bonds. The van der Waals surface area contributed by atoms with Gasteiger partial charge in [0.05, 0.1) is 0 Å². The minimum Gasteiger partial charge on any atom is -0.486 e. The first kappa shape index (κ1) is 16.0. The van der Waals surface area contributed by atoms with Crippen molar-refractivity contribution < 1.29 is 14.3 Å². The maximum atomic E-state index is 12.4. The Labute approximate surface area is 148 Å². The lowest BCUT2D eigenvalue weighted by molar-refractivity contribution is 0.0954. The molecule has 0 saturated heterocycles. The fourth-order valence-corrected chi connectivity index (χ4v) is 3.54. The molecule has 0 bridgehead atoms. The van der Waals surface area contributed by atoms with Crippen molar-refractivity contribution in [3.8, 4) is 11.5 Å². The van der Waals surface area contributed by atoms with E-state index in [-0.39, 0.29) is 5.91 Å². The van der Waals surface area contributed by atoms with E-state index in [1.807, 2.05) is 24.3 Å². The Bertz CT molecular complexity index is 785. The minimum absolute atomic E-state index is 0.00548. The zero-order valence-corrected chi connectivity index (χ0v) is 14.3. The van der Waals surface area contributed by atoms with Crippen molar-refractivity contribution in [3.05, 3.63) is 58.7 Å². The molecule has 0 aromatic heterocycles. The SMILES string of the molecule is O=C(NCCc1ccc2c(c1)OCCO2)c1ccc2c(c1)CCCC2. The average molecular weight is 337 g/mol. The molecule has 0 spiro atoms. The Morgan fingerprint density at radius 1 is 0.920 bits per heavy atom. The highest BCUT2D eigenvalue weighted by molar-refractivity contribution is 5.94. The van der Waals surface area contributed by atoms with Gasteiger partial charge in [-0.25, -0.2) is 0 Å². The van der Waals surface area contributed by atoms with Crippen molar-refractivity contribution in [3.63, 3.8) is 0 Å². The number of nitrogens with one attached hydrogen (secondary N) is 1. The number of ether oxygens (including phenoxy) is 2. The Morgan fingerprint density at radius 3 is 2.60 bits per heavy atom. The van der Waals surface area contributed by atoms with Crippen molar-refractivity contribution in [1.82, 2.24) is 5.32 Å². The summed E-state index contributed by atoms with van der Waals surface area (Å²) >= 11 is 0. The number of carbonyl (C=O) groups excluding carboxylic acids is 1. The fraction of sp³-hybridized carbons (Fsp3) is 0.381. The third kappa shape index (κ3) is 3.63. The van der Waals surface area contributed by atoms with Gasteiger partial charge < -0.3 is 14.8 Å². The van der Waals surface area contributed by atoms with E-state index in [0.29, 0.717) is 19.8 Å². The van der Waals surface area contributed by atoms with Gasteiger partial charge in [-0.3, -0.25) is 4.79 Å². The third-order valence-electron chi connectivity index (χ3n) is 4.92.